The molecule has 3 atom stereocenters. The van der Waals surface area contributed by atoms with Crippen molar-refractivity contribution in [3.8, 4) is 17.1 Å². The Balaban J connectivity index is 0.00000196. The summed E-state index contributed by atoms with van der Waals surface area (Å²) in [6, 6.07) is 11.4. The summed E-state index contributed by atoms with van der Waals surface area (Å²) in [5.74, 6) is 2.01. The van der Waals surface area contributed by atoms with Crippen LogP contribution in [0, 0.1) is 11.8 Å². The topological polar surface area (TPSA) is 76.1 Å². The lowest BCUT2D eigenvalue weighted by Gasteiger charge is -2.13. The fraction of sp³-hybridized carbons (Fsp3) is 0.421. The molecule has 1 aromatic carbocycles. The third-order valence-electron chi connectivity index (χ3n) is 5.04. The lowest BCUT2D eigenvalue weighted by atomic mass is 10.0. The van der Waals surface area contributed by atoms with Crippen molar-refractivity contribution in [3.05, 3.63) is 36.4 Å². The van der Waals surface area contributed by atoms with Gasteiger partial charge >= 0.3 is 0 Å². The quantitative estimate of drug-likeness (QED) is 0.860. The predicted octanol–water partition coefficient (Wildman–Crippen LogP) is 2.90. The van der Waals surface area contributed by atoms with Crippen LogP contribution in [0.3, 0.4) is 0 Å². The first-order valence-electron chi connectivity index (χ1n) is 8.76. The molecule has 2 aliphatic rings. The van der Waals surface area contributed by atoms with E-state index < -0.39 is 0 Å². The number of benzene rings is 1. The van der Waals surface area contributed by atoms with E-state index in [1.165, 1.54) is 6.92 Å². The Hall–Kier alpha value is -2.18. The molecule has 0 spiro atoms. The second-order valence-corrected chi connectivity index (χ2v) is 6.91. The van der Waals surface area contributed by atoms with Crippen LogP contribution in [-0.2, 0) is 4.79 Å². The number of hydrogen-bond acceptors (Lipinski definition) is 5. The summed E-state index contributed by atoms with van der Waals surface area (Å²) >= 11 is 0. The van der Waals surface area contributed by atoms with Crippen molar-refractivity contribution < 1.29 is 9.53 Å². The lowest BCUT2D eigenvalue weighted by Crippen LogP contribution is -2.19. The molecule has 1 aromatic heterocycles. The van der Waals surface area contributed by atoms with Gasteiger partial charge in [-0.1, -0.05) is 12.1 Å². The van der Waals surface area contributed by atoms with Crippen molar-refractivity contribution in [3.63, 3.8) is 0 Å². The van der Waals surface area contributed by atoms with Crippen molar-refractivity contribution in [2.75, 3.05) is 18.4 Å². The molecule has 6 nitrogen and oxygen atoms in total. The maximum Gasteiger partial charge on any atom is 0.233 e. The Kier molecular flexibility index (Phi) is 5.74. The Morgan fingerprint density at radius 2 is 1.77 bits per heavy atom. The molecule has 1 saturated heterocycles. The van der Waals surface area contributed by atoms with Gasteiger partial charge in [-0.2, -0.15) is 0 Å². The molecule has 2 N–H and O–H groups in total. The number of nitrogens with one attached hydrogen (secondary N) is 2. The predicted molar refractivity (Wildman–Crippen MR) is 103 cm³/mol. The Labute approximate surface area is 159 Å². The summed E-state index contributed by atoms with van der Waals surface area (Å²) in [6.45, 7) is 3.72. The molecule has 2 heterocycles. The number of carbonyl (C=O) groups excluding carboxylic acids is 1. The molecular formula is C19H23ClN4O2. The molecular weight excluding hydrogens is 352 g/mol. The van der Waals surface area contributed by atoms with E-state index in [2.05, 4.69) is 20.8 Å². The molecule has 2 fully saturated rings. The number of amides is 1. The number of fused-ring (bicyclic) bond motifs is 1. The van der Waals surface area contributed by atoms with Gasteiger partial charge in [-0.3, -0.25) is 4.79 Å². The third kappa shape index (κ3) is 4.14. The SMILES string of the molecule is CC(=O)Nc1ccc(-c2ccc(OC3C[C@H]4CNC[C@H]4C3)nn2)cc1.Cl. The van der Waals surface area contributed by atoms with Gasteiger partial charge in [0.2, 0.25) is 11.8 Å². The molecule has 7 heteroatoms. The van der Waals surface area contributed by atoms with E-state index in [4.69, 9.17) is 4.74 Å². The molecule has 1 aliphatic heterocycles. The minimum Gasteiger partial charge on any atom is -0.473 e. The molecule has 2 aromatic rings. The fourth-order valence-corrected chi connectivity index (χ4v) is 3.84. The zero-order valence-corrected chi connectivity index (χ0v) is 15.5. The highest BCUT2D eigenvalue weighted by Gasteiger charge is 2.38. The van der Waals surface area contributed by atoms with Crippen LogP contribution in [0.4, 0.5) is 5.69 Å². The first-order chi connectivity index (χ1) is 12.2. The van der Waals surface area contributed by atoms with Crippen molar-refractivity contribution >= 4 is 24.0 Å². The molecule has 1 unspecified atom stereocenters. The van der Waals surface area contributed by atoms with E-state index in [1.54, 1.807) is 0 Å². The summed E-state index contributed by atoms with van der Waals surface area (Å²) in [6.07, 6.45) is 2.46. The molecule has 1 amide bonds. The standard InChI is InChI=1S/C19H22N4O2.ClH/c1-12(24)21-16-4-2-13(3-5-16)18-6-7-19(23-22-18)25-17-8-14-10-20-11-15(14)9-17;/h2-7,14-15,17,20H,8-11H2,1H3,(H,21,24);1H/t14-,15+,17?;. The van der Waals surface area contributed by atoms with Crippen LogP contribution in [-0.4, -0.2) is 35.3 Å². The summed E-state index contributed by atoms with van der Waals surface area (Å²) in [7, 11) is 0. The van der Waals surface area contributed by atoms with E-state index in [0.717, 1.165) is 54.7 Å². The first-order valence-corrected chi connectivity index (χ1v) is 8.76. The number of aromatic nitrogens is 2. The number of rotatable bonds is 4. The first kappa shape index (κ1) is 18.6. The molecule has 0 bridgehead atoms. The minimum atomic E-state index is -0.0825. The zero-order chi connectivity index (χ0) is 17.2. The van der Waals surface area contributed by atoms with E-state index >= 15 is 0 Å². The third-order valence-corrected chi connectivity index (χ3v) is 5.04. The summed E-state index contributed by atoms with van der Waals surface area (Å²) in [5.41, 5.74) is 2.51. The van der Waals surface area contributed by atoms with Gasteiger partial charge in [0.25, 0.3) is 0 Å². The van der Waals surface area contributed by atoms with E-state index in [-0.39, 0.29) is 24.4 Å². The number of hydrogen-bond donors (Lipinski definition) is 2. The molecule has 0 radical (unpaired) electrons. The normalized spacial score (nSPS) is 23.8. The van der Waals surface area contributed by atoms with Crippen LogP contribution in [0.25, 0.3) is 11.3 Å². The van der Waals surface area contributed by atoms with Gasteiger partial charge < -0.3 is 15.4 Å². The van der Waals surface area contributed by atoms with Gasteiger partial charge in [0.1, 0.15) is 6.10 Å². The maximum absolute atomic E-state index is 11.1. The number of nitrogens with zero attached hydrogens (tertiary/aromatic N) is 2. The lowest BCUT2D eigenvalue weighted by molar-refractivity contribution is -0.114. The van der Waals surface area contributed by atoms with Gasteiger partial charge in [0.15, 0.2) is 0 Å². The molecule has 26 heavy (non-hydrogen) atoms. The zero-order valence-electron chi connectivity index (χ0n) is 14.6. The van der Waals surface area contributed by atoms with E-state index in [0.29, 0.717) is 5.88 Å². The Morgan fingerprint density at radius 1 is 1.08 bits per heavy atom. The van der Waals surface area contributed by atoms with Crippen LogP contribution in [0.1, 0.15) is 19.8 Å². The second kappa shape index (κ2) is 8.01. The highest BCUT2D eigenvalue weighted by atomic mass is 35.5. The fourth-order valence-electron chi connectivity index (χ4n) is 3.84. The van der Waals surface area contributed by atoms with E-state index in [9.17, 15) is 4.79 Å². The molecule has 1 saturated carbocycles. The van der Waals surface area contributed by atoms with Crippen molar-refractivity contribution in [1.82, 2.24) is 15.5 Å². The number of halogens is 1. The number of carbonyl (C=O) groups is 1. The largest absolute Gasteiger partial charge is 0.473 e. The number of ether oxygens (including phenoxy) is 1. The highest BCUT2D eigenvalue weighted by Crippen LogP contribution is 2.36. The van der Waals surface area contributed by atoms with Crippen LogP contribution < -0.4 is 15.4 Å². The van der Waals surface area contributed by atoms with Crippen LogP contribution in [0.15, 0.2) is 36.4 Å². The monoisotopic (exact) mass is 374 g/mol. The highest BCUT2D eigenvalue weighted by molar-refractivity contribution is 5.88. The average Bonchev–Trinajstić information content (AvgIpc) is 3.17. The van der Waals surface area contributed by atoms with Gasteiger partial charge in [-0.15, -0.1) is 22.6 Å². The number of anilines is 1. The van der Waals surface area contributed by atoms with Gasteiger partial charge in [0, 0.05) is 24.2 Å². The molecule has 1 aliphatic carbocycles. The van der Waals surface area contributed by atoms with Crippen molar-refractivity contribution in [2.24, 2.45) is 11.8 Å². The minimum absolute atomic E-state index is 0. The van der Waals surface area contributed by atoms with Crippen LogP contribution in [0.5, 0.6) is 5.88 Å². The maximum atomic E-state index is 11.1. The molecule has 138 valence electrons. The smallest absolute Gasteiger partial charge is 0.233 e. The van der Waals surface area contributed by atoms with Gasteiger partial charge in [-0.25, -0.2) is 0 Å². The Morgan fingerprint density at radius 3 is 2.35 bits per heavy atom. The van der Waals surface area contributed by atoms with E-state index in [1.807, 2.05) is 36.4 Å². The van der Waals surface area contributed by atoms with Crippen molar-refractivity contribution in [1.29, 1.82) is 0 Å². The average molecular weight is 375 g/mol. The van der Waals surface area contributed by atoms with Crippen molar-refractivity contribution in [2.45, 2.75) is 25.9 Å². The second-order valence-electron chi connectivity index (χ2n) is 6.91. The molecule has 4 rings (SSSR count). The summed E-state index contributed by atoms with van der Waals surface area (Å²) in [5, 5.41) is 14.7. The summed E-state index contributed by atoms with van der Waals surface area (Å²) < 4.78 is 6.02. The van der Waals surface area contributed by atoms with Gasteiger partial charge in [0.05, 0.1) is 5.69 Å². The van der Waals surface area contributed by atoms with Gasteiger partial charge in [-0.05, 0) is 56.0 Å². The Bertz CT molecular complexity index is 739. The summed E-state index contributed by atoms with van der Waals surface area (Å²) in [4.78, 5) is 11.1. The van der Waals surface area contributed by atoms with Crippen LogP contribution >= 0.6 is 12.4 Å². The van der Waals surface area contributed by atoms with Crippen LogP contribution in [0.2, 0.25) is 0 Å².